The van der Waals surface area contributed by atoms with Gasteiger partial charge in [-0.05, 0) is 42.9 Å². The monoisotopic (exact) mass is 277 g/mol. The predicted molar refractivity (Wildman–Crippen MR) is 81.4 cm³/mol. The molecule has 3 nitrogen and oxygen atoms in total. The second-order valence-corrected chi connectivity index (χ2v) is 5.54. The van der Waals surface area contributed by atoms with Gasteiger partial charge in [0.05, 0.1) is 0 Å². The van der Waals surface area contributed by atoms with Crippen LogP contribution in [0.1, 0.15) is 25.3 Å². The van der Waals surface area contributed by atoms with Crippen molar-refractivity contribution in [3.63, 3.8) is 0 Å². The molecule has 0 bridgehead atoms. The fourth-order valence-electron chi connectivity index (χ4n) is 2.68. The summed E-state index contributed by atoms with van der Waals surface area (Å²) in [5, 5.41) is 3.40. The van der Waals surface area contributed by atoms with Gasteiger partial charge in [0.25, 0.3) is 0 Å². The molecule has 0 aliphatic carbocycles. The molecule has 4 heteroatoms. The van der Waals surface area contributed by atoms with Crippen molar-refractivity contribution in [2.75, 3.05) is 26.7 Å². The van der Waals surface area contributed by atoms with E-state index < -0.39 is 0 Å². The van der Waals surface area contributed by atoms with Crippen molar-refractivity contribution in [3.05, 3.63) is 35.6 Å². The van der Waals surface area contributed by atoms with Crippen LogP contribution in [-0.2, 0) is 6.42 Å². The summed E-state index contributed by atoms with van der Waals surface area (Å²) in [4.78, 5) is 6.70. The van der Waals surface area contributed by atoms with Crippen molar-refractivity contribution in [1.29, 1.82) is 0 Å². The van der Waals surface area contributed by atoms with Crippen LogP contribution in [-0.4, -0.2) is 37.5 Å². The molecule has 1 fully saturated rings. The number of guanidine groups is 1. The summed E-state index contributed by atoms with van der Waals surface area (Å²) in [7, 11) is 1.83. The minimum Gasteiger partial charge on any atom is -0.356 e. The van der Waals surface area contributed by atoms with E-state index in [1.165, 1.54) is 25.0 Å². The Labute approximate surface area is 120 Å². The van der Waals surface area contributed by atoms with E-state index in [-0.39, 0.29) is 5.82 Å². The largest absolute Gasteiger partial charge is 0.356 e. The number of aliphatic imine (C=N–C) groups is 1. The summed E-state index contributed by atoms with van der Waals surface area (Å²) in [5.41, 5.74) is 1.14. The summed E-state index contributed by atoms with van der Waals surface area (Å²) in [6.45, 7) is 5.28. The van der Waals surface area contributed by atoms with E-state index in [0.29, 0.717) is 0 Å². The third-order valence-electron chi connectivity index (χ3n) is 3.78. The fourth-order valence-corrected chi connectivity index (χ4v) is 2.68. The first-order valence-corrected chi connectivity index (χ1v) is 7.39. The second kappa shape index (κ2) is 7.27. The average Bonchev–Trinajstić information content (AvgIpc) is 2.45. The quantitative estimate of drug-likeness (QED) is 0.679. The first-order chi connectivity index (χ1) is 9.69. The standard InChI is InChI=1S/C16H24FN3/c1-13-4-3-11-20(12-13)16(18-2)19-10-9-14-5-7-15(17)8-6-14/h5-8,13H,3-4,9-12H2,1-2H3,(H,18,19). The third-order valence-corrected chi connectivity index (χ3v) is 3.78. The highest BCUT2D eigenvalue weighted by atomic mass is 19.1. The van der Waals surface area contributed by atoms with Crippen molar-refractivity contribution in [2.45, 2.75) is 26.2 Å². The SMILES string of the molecule is CN=C(NCCc1ccc(F)cc1)N1CCCC(C)C1. The summed E-state index contributed by atoms with van der Waals surface area (Å²) in [6, 6.07) is 6.69. The number of nitrogens with one attached hydrogen (secondary N) is 1. The van der Waals surface area contributed by atoms with Gasteiger partial charge >= 0.3 is 0 Å². The molecule has 0 radical (unpaired) electrons. The number of hydrogen-bond acceptors (Lipinski definition) is 1. The van der Waals surface area contributed by atoms with Crippen LogP contribution in [0.15, 0.2) is 29.3 Å². The van der Waals surface area contributed by atoms with Crippen molar-refractivity contribution in [2.24, 2.45) is 10.9 Å². The minimum absolute atomic E-state index is 0.181. The first kappa shape index (κ1) is 14.8. The van der Waals surface area contributed by atoms with E-state index in [1.807, 2.05) is 19.2 Å². The summed E-state index contributed by atoms with van der Waals surface area (Å²) < 4.78 is 12.8. The Morgan fingerprint density at radius 1 is 1.40 bits per heavy atom. The van der Waals surface area contributed by atoms with Gasteiger partial charge in [-0.25, -0.2) is 4.39 Å². The zero-order valence-electron chi connectivity index (χ0n) is 12.4. The lowest BCUT2D eigenvalue weighted by Gasteiger charge is -2.33. The number of halogens is 1. The normalized spacial score (nSPS) is 20.1. The maximum Gasteiger partial charge on any atom is 0.193 e. The van der Waals surface area contributed by atoms with E-state index in [2.05, 4.69) is 22.1 Å². The molecule has 1 heterocycles. The smallest absolute Gasteiger partial charge is 0.193 e. The minimum atomic E-state index is -0.181. The van der Waals surface area contributed by atoms with Gasteiger partial charge in [0.2, 0.25) is 0 Å². The zero-order chi connectivity index (χ0) is 14.4. The maximum atomic E-state index is 12.8. The van der Waals surface area contributed by atoms with E-state index in [0.717, 1.165) is 43.5 Å². The van der Waals surface area contributed by atoms with Crippen LogP contribution in [0.2, 0.25) is 0 Å². The maximum absolute atomic E-state index is 12.8. The molecular weight excluding hydrogens is 253 g/mol. The van der Waals surface area contributed by atoms with Gasteiger partial charge in [0, 0.05) is 26.7 Å². The topological polar surface area (TPSA) is 27.6 Å². The Kier molecular flexibility index (Phi) is 5.39. The number of rotatable bonds is 3. The van der Waals surface area contributed by atoms with Crippen LogP contribution in [0.25, 0.3) is 0 Å². The summed E-state index contributed by atoms with van der Waals surface area (Å²) in [6.07, 6.45) is 3.42. The van der Waals surface area contributed by atoms with Crippen LogP contribution in [0.5, 0.6) is 0 Å². The lowest BCUT2D eigenvalue weighted by Crippen LogP contribution is -2.46. The molecule has 110 valence electrons. The zero-order valence-corrected chi connectivity index (χ0v) is 12.4. The molecule has 1 aliphatic heterocycles. The molecule has 1 aromatic carbocycles. The van der Waals surface area contributed by atoms with Crippen LogP contribution in [0.4, 0.5) is 4.39 Å². The van der Waals surface area contributed by atoms with E-state index >= 15 is 0 Å². The van der Waals surface area contributed by atoms with Gasteiger partial charge in [0.1, 0.15) is 5.82 Å². The lowest BCUT2D eigenvalue weighted by atomic mass is 10.0. The van der Waals surface area contributed by atoms with Crippen molar-refractivity contribution in [3.8, 4) is 0 Å². The van der Waals surface area contributed by atoms with E-state index in [9.17, 15) is 4.39 Å². The molecule has 20 heavy (non-hydrogen) atoms. The Morgan fingerprint density at radius 2 is 2.15 bits per heavy atom. The van der Waals surface area contributed by atoms with Crippen LogP contribution >= 0.6 is 0 Å². The Bertz CT molecular complexity index is 442. The van der Waals surface area contributed by atoms with E-state index in [4.69, 9.17) is 0 Å². The van der Waals surface area contributed by atoms with Crippen LogP contribution < -0.4 is 5.32 Å². The second-order valence-electron chi connectivity index (χ2n) is 5.54. The molecule has 1 aliphatic rings. The molecule has 1 atom stereocenters. The number of benzene rings is 1. The molecule has 1 saturated heterocycles. The highest BCUT2D eigenvalue weighted by Crippen LogP contribution is 2.15. The van der Waals surface area contributed by atoms with Gasteiger partial charge in [0.15, 0.2) is 5.96 Å². The summed E-state index contributed by atoms with van der Waals surface area (Å²) in [5.74, 6) is 1.54. The molecule has 1 aromatic rings. The highest BCUT2D eigenvalue weighted by Gasteiger charge is 2.18. The molecule has 0 spiro atoms. The van der Waals surface area contributed by atoms with Crippen molar-refractivity contribution < 1.29 is 4.39 Å². The average molecular weight is 277 g/mol. The van der Waals surface area contributed by atoms with Gasteiger partial charge in [-0.15, -0.1) is 0 Å². The van der Waals surface area contributed by atoms with Crippen LogP contribution in [0.3, 0.4) is 0 Å². The number of nitrogens with zero attached hydrogens (tertiary/aromatic N) is 2. The molecule has 0 aromatic heterocycles. The molecule has 2 rings (SSSR count). The van der Waals surface area contributed by atoms with Gasteiger partial charge in [-0.3, -0.25) is 4.99 Å². The Balaban J connectivity index is 1.80. The molecule has 1 unspecified atom stereocenters. The summed E-state index contributed by atoms with van der Waals surface area (Å²) >= 11 is 0. The Hall–Kier alpha value is -1.58. The lowest BCUT2D eigenvalue weighted by molar-refractivity contribution is 0.266. The van der Waals surface area contributed by atoms with Gasteiger partial charge < -0.3 is 10.2 Å². The molecule has 0 saturated carbocycles. The number of likely N-dealkylation sites (tertiary alicyclic amines) is 1. The van der Waals surface area contributed by atoms with Crippen molar-refractivity contribution in [1.82, 2.24) is 10.2 Å². The van der Waals surface area contributed by atoms with Gasteiger partial charge in [-0.2, -0.15) is 0 Å². The molecule has 1 N–H and O–H groups in total. The first-order valence-electron chi connectivity index (χ1n) is 7.39. The highest BCUT2D eigenvalue weighted by molar-refractivity contribution is 5.79. The van der Waals surface area contributed by atoms with Gasteiger partial charge in [-0.1, -0.05) is 19.1 Å². The van der Waals surface area contributed by atoms with Crippen LogP contribution in [0, 0.1) is 11.7 Å². The third kappa shape index (κ3) is 4.22. The predicted octanol–water partition coefficient (Wildman–Crippen LogP) is 2.68. The van der Waals surface area contributed by atoms with E-state index in [1.54, 1.807) is 0 Å². The van der Waals surface area contributed by atoms with Crippen molar-refractivity contribution >= 4 is 5.96 Å². The fraction of sp³-hybridized carbons (Fsp3) is 0.562. The molecular formula is C16H24FN3. The number of hydrogen-bond donors (Lipinski definition) is 1. The Morgan fingerprint density at radius 3 is 2.80 bits per heavy atom. The number of piperidine rings is 1. The molecule has 0 amide bonds.